The third-order valence-electron chi connectivity index (χ3n) is 2.67. The zero-order valence-corrected chi connectivity index (χ0v) is 11.8. The second-order valence-electron chi connectivity index (χ2n) is 4.28. The van der Waals surface area contributed by atoms with Crippen LogP contribution in [0.15, 0.2) is 48.5 Å². The van der Waals surface area contributed by atoms with Crippen molar-refractivity contribution in [3.05, 3.63) is 59.7 Å². The third kappa shape index (κ3) is 3.57. The van der Waals surface area contributed by atoms with Crippen molar-refractivity contribution < 1.29 is 18.4 Å². The molecule has 0 saturated carbocycles. The van der Waals surface area contributed by atoms with Crippen molar-refractivity contribution in [3.63, 3.8) is 0 Å². The van der Waals surface area contributed by atoms with Crippen molar-refractivity contribution in [1.29, 1.82) is 0 Å². The maximum Gasteiger partial charge on any atom is 0.815 e. The molecule has 0 aliphatic heterocycles. The fourth-order valence-electron chi connectivity index (χ4n) is 1.65. The molecule has 0 radical (unpaired) electrons. The Morgan fingerprint density at radius 1 is 0.737 bits per heavy atom. The minimum absolute atomic E-state index is 0.410. The molecule has 0 atom stereocenters. The number of para-hydroxylation sites is 2. The topological polar surface area (TPSA) is 58.9 Å². The van der Waals surface area contributed by atoms with Crippen molar-refractivity contribution >= 4 is 9.05 Å². The van der Waals surface area contributed by atoms with Crippen molar-refractivity contribution in [3.8, 4) is 11.5 Å². The highest BCUT2D eigenvalue weighted by Gasteiger charge is 2.43. The maximum atomic E-state index is 9.92. The Labute approximate surface area is 113 Å². The molecule has 0 saturated heterocycles. The van der Waals surface area contributed by atoms with Gasteiger partial charge in [-0.3, -0.25) is 0 Å². The summed E-state index contributed by atoms with van der Waals surface area (Å²) < 4.78 is 10.4. The first kappa shape index (κ1) is 13.6. The van der Waals surface area contributed by atoms with E-state index >= 15 is 0 Å². The number of benzene rings is 2. The van der Waals surface area contributed by atoms with Gasteiger partial charge in [-0.1, -0.05) is 36.4 Å². The van der Waals surface area contributed by atoms with E-state index in [-0.39, 0.29) is 0 Å². The molecular weight excluding hydrogens is 260 g/mol. The van der Waals surface area contributed by atoms with Crippen LogP contribution >= 0.6 is 0 Å². The molecule has 2 N–H and O–H groups in total. The van der Waals surface area contributed by atoms with Crippen LogP contribution in [0, 0.1) is 13.8 Å². The van der Waals surface area contributed by atoms with Crippen LogP contribution in [0.2, 0.25) is 0 Å². The minimum Gasteiger partial charge on any atom is -0.471 e. The van der Waals surface area contributed by atoms with Crippen molar-refractivity contribution in [2.24, 2.45) is 0 Å². The zero-order valence-electron chi connectivity index (χ0n) is 10.8. The van der Waals surface area contributed by atoms with Crippen LogP contribution in [0.1, 0.15) is 11.1 Å². The summed E-state index contributed by atoms with van der Waals surface area (Å²) in [6.07, 6.45) is 0. The second-order valence-corrected chi connectivity index (χ2v) is 5.79. The fourth-order valence-corrected chi connectivity index (χ4v) is 2.72. The molecule has 0 bridgehead atoms. The van der Waals surface area contributed by atoms with Crippen LogP contribution < -0.4 is 8.85 Å². The van der Waals surface area contributed by atoms with Gasteiger partial charge in [-0.15, -0.1) is 0 Å². The molecule has 0 spiro atoms. The molecular formula is C14H16O4Si. The molecule has 2 aromatic carbocycles. The molecule has 0 fully saturated rings. The third-order valence-corrected chi connectivity index (χ3v) is 3.64. The molecule has 0 aliphatic rings. The van der Waals surface area contributed by atoms with E-state index in [9.17, 15) is 9.59 Å². The van der Waals surface area contributed by atoms with E-state index in [0.717, 1.165) is 11.1 Å². The summed E-state index contributed by atoms with van der Waals surface area (Å²) in [5.74, 6) is 0.820. The lowest BCUT2D eigenvalue weighted by Gasteiger charge is -2.20. The largest absolute Gasteiger partial charge is 0.815 e. The highest BCUT2D eigenvalue weighted by molar-refractivity contribution is 6.52. The fraction of sp³-hybridized carbons (Fsp3) is 0.143. The van der Waals surface area contributed by atoms with Crippen molar-refractivity contribution in [1.82, 2.24) is 0 Å². The highest BCUT2D eigenvalue weighted by atomic mass is 28.4. The standard InChI is InChI=1S/C14H16O4Si/c1-11-7-3-5-9-13(11)17-19(15,16)18-14-10-6-4-8-12(14)2/h3-10,15-16H,1-2H3. The maximum absolute atomic E-state index is 9.92. The SMILES string of the molecule is Cc1ccccc1O[Si](O)(O)Oc1ccccc1C. The molecule has 0 unspecified atom stereocenters. The summed E-state index contributed by atoms with van der Waals surface area (Å²) in [7, 11) is -4.25. The summed E-state index contributed by atoms with van der Waals surface area (Å²) in [5, 5.41) is 0. The van der Waals surface area contributed by atoms with Crippen molar-refractivity contribution in [2.45, 2.75) is 13.8 Å². The predicted octanol–water partition coefficient (Wildman–Crippen LogP) is 2.18. The van der Waals surface area contributed by atoms with Gasteiger partial charge in [-0.05, 0) is 37.1 Å². The lowest BCUT2D eigenvalue weighted by molar-refractivity contribution is 0.138. The summed E-state index contributed by atoms with van der Waals surface area (Å²) in [6, 6.07) is 14.2. The lowest BCUT2D eigenvalue weighted by atomic mass is 10.2. The number of hydrogen-bond acceptors (Lipinski definition) is 4. The first-order chi connectivity index (χ1) is 8.98. The molecule has 0 heterocycles. The second kappa shape index (κ2) is 5.44. The van der Waals surface area contributed by atoms with E-state index in [1.54, 1.807) is 24.3 Å². The smallest absolute Gasteiger partial charge is 0.471 e. The summed E-state index contributed by atoms with van der Waals surface area (Å²) in [6.45, 7) is 3.65. The molecule has 100 valence electrons. The molecule has 0 amide bonds. The van der Waals surface area contributed by atoms with E-state index in [2.05, 4.69) is 0 Å². The Hall–Kier alpha value is -1.82. The van der Waals surface area contributed by atoms with Gasteiger partial charge in [0.05, 0.1) is 0 Å². The summed E-state index contributed by atoms with van der Waals surface area (Å²) >= 11 is 0. The molecule has 5 heteroatoms. The first-order valence-electron chi connectivity index (χ1n) is 5.92. The van der Waals surface area contributed by atoms with E-state index in [4.69, 9.17) is 8.85 Å². The van der Waals surface area contributed by atoms with E-state index in [1.807, 2.05) is 38.1 Å². The molecule has 0 aliphatic carbocycles. The summed E-state index contributed by atoms with van der Waals surface area (Å²) in [4.78, 5) is 19.8. The Kier molecular flexibility index (Phi) is 3.89. The number of aryl methyl sites for hydroxylation is 2. The van der Waals surface area contributed by atoms with Gasteiger partial charge in [-0.2, -0.15) is 0 Å². The Morgan fingerprint density at radius 3 is 1.47 bits per heavy atom. The van der Waals surface area contributed by atoms with Crippen LogP contribution in [-0.2, 0) is 0 Å². The quantitative estimate of drug-likeness (QED) is 0.840. The van der Waals surface area contributed by atoms with Gasteiger partial charge in [0.25, 0.3) is 0 Å². The summed E-state index contributed by atoms with van der Waals surface area (Å²) in [5.41, 5.74) is 1.63. The van der Waals surface area contributed by atoms with Gasteiger partial charge in [0.15, 0.2) is 0 Å². The van der Waals surface area contributed by atoms with Gasteiger partial charge < -0.3 is 18.4 Å². The van der Waals surface area contributed by atoms with Gasteiger partial charge in [0.1, 0.15) is 11.5 Å². The van der Waals surface area contributed by atoms with E-state index in [1.165, 1.54) is 0 Å². The van der Waals surface area contributed by atoms with Crippen LogP contribution in [0.5, 0.6) is 11.5 Å². The predicted molar refractivity (Wildman–Crippen MR) is 73.8 cm³/mol. The van der Waals surface area contributed by atoms with Crippen LogP contribution in [0.3, 0.4) is 0 Å². The van der Waals surface area contributed by atoms with Gasteiger partial charge >= 0.3 is 9.05 Å². The molecule has 2 aromatic rings. The van der Waals surface area contributed by atoms with Crippen molar-refractivity contribution in [2.75, 3.05) is 0 Å². The van der Waals surface area contributed by atoms with Crippen LogP contribution in [0.25, 0.3) is 0 Å². The average molecular weight is 276 g/mol. The molecule has 19 heavy (non-hydrogen) atoms. The number of rotatable bonds is 4. The molecule has 4 nitrogen and oxygen atoms in total. The Morgan fingerprint density at radius 2 is 1.11 bits per heavy atom. The normalized spacial score (nSPS) is 11.2. The first-order valence-corrected chi connectivity index (χ1v) is 7.63. The lowest BCUT2D eigenvalue weighted by Crippen LogP contribution is -2.49. The van der Waals surface area contributed by atoms with E-state index < -0.39 is 9.05 Å². The van der Waals surface area contributed by atoms with Gasteiger partial charge in [0.2, 0.25) is 0 Å². The van der Waals surface area contributed by atoms with Crippen LogP contribution in [0.4, 0.5) is 0 Å². The van der Waals surface area contributed by atoms with Crippen LogP contribution in [-0.4, -0.2) is 18.6 Å². The van der Waals surface area contributed by atoms with Gasteiger partial charge in [0, 0.05) is 0 Å². The Bertz CT molecular complexity index is 519. The average Bonchev–Trinajstić information content (AvgIpc) is 2.35. The number of hydrogen-bond donors (Lipinski definition) is 2. The monoisotopic (exact) mass is 276 g/mol. The zero-order chi connectivity index (χ0) is 13.9. The Balaban J connectivity index is 2.15. The minimum atomic E-state index is -4.25. The van der Waals surface area contributed by atoms with Gasteiger partial charge in [-0.25, -0.2) is 0 Å². The van der Waals surface area contributed by atoms with E-state index in [0.29, 0.717) is 11.5 Å². The highest BCUT2D eigenvalue weighted by Crippen LogP contribution is 2.22. The molecule has 2 rings (SSSR count). The molecule has 0 aromatic heterocycles.